The number of aliphatic hydroxyl groups excluding tert-OH is 3. The molecule has 0 aliphatic carbocycles. The summed E-state index contributed by atoms with van der Waals surface area (Å²) in [6.45, 7) is 4.22. The van der Waals surface area contributed by atoms with Gasteiger partial charge in [0.15, 0.2) is 0 Å². The minimum absolute atomic E-state index is 0.00453. The van der Waals surface area contributed by atoms with Crippen LogP contribution in [0, 0.1) is 0 Å². The molecule has 4 N–H and O–H groups in total. The number of carbonyl (C=O) groups excluding carboxylic acids is 1. The molecule has 3 atom stereocenters. The maximum atomic E-state index is 12.5. The van der Waals surface area contributed by atoms with Gasteiger partial charge < -0.3 is 20.6 Å². The number of hydrogen-bond acceptors (Lipinski definition) is 4. The molecule has 5 nitrogen and oxygen atoms in total. The second kappa shape index (κ2) is 44.3. The summed E-state index contributed by atoms with van der Waals surface area (Å²) in [5.74, 6) is -0.322. The van der Waals surface area contributed by atoms with Crippen molar-refractivity contribution in [2.24, 2.45) is 0 Å². The highest BCUT2D eigenvalue weighted by molar-refractivity contribution is 5.76. The molecule has 0 heterocycles. The van der Waals surface area contributed by atoms with E-state index in [0.717, 1.165) is 44.9 Å². The SMILES string of the molecule is CCCCCCCCCCC/C=C\C/C=C\CCCCCCCC(O)CC(=O)NC(CO)C(O)/C=C/CCCCCCCCCCCCCCCCCC. The lowest BCUT2D eigenvalue weighted by atomic mass is 10.0. The van der Waals surface area contributed by atoms with Gasteiger partial charge in [0.1, 0.15) is 0 Å². The van der Waals surface area contributed by atoms with E-state index >= 15 is 0 Å². The first-order valence-corrected chi connectivity index (χ1v) is 23.8. The van der Waals surface area contributed by atoms with Gasteiger partial charge in [-0.1, -0.05) is 224 Å². The average Bonchev–Trinajstić information content (AvgIpc) is 3.16. The van der Waals surface area contributed by atoms with Crippen LogP contribution in [0.3, 0.4) is 0 Å². The van der Waals surface area contributed by atoms with Crippen molar-refractivity contribution in [1.29, 1.82) is 0 Å². The largest absolute Gasteiger partial charge is 0.394 e. The van der Waals surface area contributed by atoms with Crippen LogP contribution in [0.25, 0.3) is 0 Å². The Labute approximate surface area is 336 Å². The monoisotopic (exact) mass is 760 g/mol. The van der Waals surface area contributed by atoms with Crippen LogP contribution in [0.1, 0.15) is 245 Å². The van der Waals surface area contributed by atoms with Crippen molar-refractivity contribution in [3.05, 3.63) is 36.5 Å². The number of hydrogen-bond donors (Lipinski definition) is 4. The van der Waals surface area contributed by atoms with Gasteiger partial charge in [0, 0.05) is 0 Å². The fourth-order valence-corrected chi connectivity index (χ4v) is 7.25. The van der Waals surface area contributed by atoms with E-state index in [-0.39, 0.29) is 18.9 Å². The van der Waals surface area contributed by atoms with Crippen LogP contribution in [-0.4, -0.2) is 46.1 Å². The molecule has 0 aliphatic heterocycles. The smallest absolute Gasteiger partial charge is 0.222 e. The lowest BCUT2D eigenvalue weighted by Gasteiger charge is -2.21. The summed E-state index contributed by atoms with van der Waals surface area (Å²) in [6, 6.07) is -0.749. The Bertz CT molecular complexity index is 840. The second-order valence-corrected chi connectivity index (χ2v) is 16.4. The zero-order chi connectivity index (χ0) is 39.4. The second-order valence-electron chi connectivity index (χ2n) is 16.4. The molecule has 0 rings (SSSR count). The molecule has 0 saturated heterocycles. The number of carbonyl (C=O) groups is 1. The van der Waals surface area contributed by atoms with E-state index in [1.807, 2.05) is 6.08 Å². The molecular formula is C49H93NO4. The predicted molar refractivity (Wildman–Crippen MR) is 236 cm³/mol. The molecule has 0 aromatic rings. The molecule has 5 heteroatoms. The minimum Gasteiger partial charge on any atom is -0.394 e. The van der Waals surface area contributed by atoms with Gasteiger partial charge in [-0.3, -0.25) is 4.79 Å². The topological polar surface area (TPSA) is 89.8 Å². The van der Waals surface area contributed by atoms with Gasteiger partial charge in [0.2, 0.25) is 5.91 Å². The third kappa shape index (κ3) is 40.2. The Morgan fingerprint density at radius 2 is 0.833 bits per heavy atom. The van der Waals surface area contributed by atoms with E-state index in [9.17, 15) is 20.1 Å². The molecule has 0 aromatic heterocycles. The van der Waals surface area contributed by atoms with Gasteiger partial charge in [-0.05, 0) is 51.4 Å². The fourth-order valence-electron chi connectivity index (χ4n) is 7.25. The van der Waals surface area contributed by atoms with Crippen LogP contribution in [-0.2, 0) is 4.79 Å². The quantitative estimate of drug-likeness (QED) is 0.0368. The third-order valence-electron chi connectivity index (χ3n) is 10.9. The van der Waals surface area contributed by atoms with Crippen LogP contribution in [0.2, 0.25) is 0 Å². The molecule has 3 unspecified atom stereocenters. The third-order valence-corrected chi connectivity index (χ3v) is 10.9. The summed E-state index contributed by atoms with van der Waals surface area (Å²) >= 11 is 0. The van der Waals surface area contributed by atoms with Crippen molar-refractivity contribution in [2.75, 3.05) is 6.61 Å². The molecule has 0 fully saturated rings. The number of nitrogens with one attached hydrogen (secondary N) is 1. The van der Waals surface area contributed by atoms with Gasteiger partial charge >= 0.3 is 0 Å². The van der Waals surface area contributed by atoms with E-state index in [1.165, 1.54) is 173 Å². The van der Waals surface area contributed by atoms with E-state index in [0.29, 0.717) is 6.42 Å². The van der Waals surface area contributed by atoms with Gasteiger partial charge in [-0.15, -0.1) is 0 Å². The van der Waals surface area contributed by atoms with E-state index < -0.39 is 18.2 Å². The first-order chi connectivity index (χ1) is 26.5. The first kappa shape index (κ1) is 52.6. The number of amides is 1. The van der Waals surface area contributed by atoms with Gasteiger partial charge in [-0.2, -0.15) is 0 Å². The van der Waals surface area contributed by atoms with E-state index in [2.05, 4.69) is 43.5 Å². The standard InChI is InChI=1S/C49H93NO4/c1-3-5-7-9-11-13-15-17-19-21-23-24-25-26-28-30-32-34-36-38-40-42-46(52)44-49(54)50-47(45-51)48(53)43-41-39-37-35-33-31-29-27-22-20-18-16-14-12-10-8-6-4-2/h23-24,26,28,41,43,46-48,51-53H,3-22,25,27,29-40,42,44-45H2,1-2H3,(H,50,54)/b24-23-,28-26-,43-41+. The summed E-state index contributed by atoms with van der Waals surface area (Å²) in [4.78, 5) is 12.5. The zero-order valence-electron chi connectivity index (χ0n) is 36.1. The molecule has 0 spiro atoms. The van der Waals surface area contributed by atoms with Crippen molar-refractivity contribution >= 4 is 5.91 Å². The maximum absolute atomic E-state index is 12.5. The minimum atomic E-state index is -0.933. The van der Waals surface area contributed by atoms with Crippen molar-refractivity contribution in [1.82, 2.24) is 5.32 Å². The Balaban J connectivity index is 3.67. The number of aliphatic hydroxyl groups is 3. The highest BCUT2D eigenvalue weighted by Gasteiger charge is 2.20. The van der Waals surface area contributed by atoms with Gasteiger partial charge in [-0.25, -0.2) is 0 Å². The molecule has 0 aliphatic rings. The average molecular weight is 760 g/mol. The number of allylic oxidation sites excluding steroid dienone is 5. The van der Waals surface area contributed by atoms with Crippen LogP contribution in [0.4, 0.5) is 0 Å². The lowest BCUT2D eigenvalue weighted by molar-refractivity contribution is -0.124. The Morgan fingerprint density at radius 3 is 1.22 bits per heavy atom. The predicted octanol–water partition coefficient (Wildman–Crippen LogP) is 13.9. The first-order valence-electron chi connectivity index (χ1n) is 23.8. The van der Waals surface area contributed by atoms with Gasteiger partial charge in [0.05, 0.1) is 31.3 Å². The van der Waals surface area contributed by atoms with Crippen LogP contribution >= 0.6 is 0 Å². The molecule has 318 valence electrons. The van der Waals surface area contributed by atoms with Crippen LogP contribution in [0.5, 0.6) is 0 Å². The van der Waals surface area contributed by atoms with Crippen LogP contribution < -0.4 is 5.32 Å². The maximum Gasteiger partial charge on any atom is 0.222 e. The lowest BCUT2D eigenvalue weighted by Crippen LogP contribution is -2.45. The molecule has 1 amide bonds. The van der Waals surface area contributed by atoms with Gasteiger partial charge in [0.25, 0.3) is 0 Å². The molecule has 0 radical (unpaired) electrons. The van der Waals surface area contributed by atoms with Crippen molar-refractivity contribution in [3.8, 4) is 0 Å². The highest BCUT2D eigenvalue weighted by atomic mass is 16.3. The van der Waals surface area contributed by atoms with E-state index in [1.54, 1.807) is 6.08 Å². The van der Waals surface area contributed by atoms with Crippen molar-refractivity contribution in [3.63, 3.8) is 0 Å². The summed E-state index contributed by atoms with van der Waals surface area (Å²) in [6.07, 6.45) is 55.8. The Kier molecular flexibility index (Phi) is 43.1. The number of rotatable bonds is 43. The number of unbranched alkanes of at least 4 members (excludes halogenated alkanes) is 30. The molecule has 0 saturated carbocycles. The molecule has 54 heavy (non-hydrogen) atoms. The molecule has 0 bridgehead atoms. The summed E-state index contributed by atoms with van der Waals surface area (Å²) in [5.41, 5.74) is 0. The summed E-state index contributed by atoms with van der Waals surface area (Å²) in [7, 11) is 0. The van der Waals surface area contributed by atoms with Crippen molar-refractivity contribution < 1.29 is 20.1 Å². The van der Waals surface area contributed by atoms with Crippen molar-refractivity contribution in [2.45, 2.75) is 263 Å². The zero-order valence-corrected chi connectivity index (χ0v) is 36.1. The molecular weight excluding hydrogens is 667 g/mol. The normalized spacial score (nSPS) is 13.8. The summed E-state index contributed by atoms with van der Waals surface area (Å²) in [5, 5.41) is 33.3. The molecule has 0 aromatic carbocycles. The summed E-state index contributed by atoms with van der Waals surface area (Å²) < 4.78 is 0. The van der Waals surface area contributed by atoms with Crippen LogP contribution in [0.15, 0.2) is 36.5 Å². The highest BCUT2D eigenvalue weighted by Crippen LogP contribution is 2.15. The van der Waals surface area contributed by atoms with E-state index in [4.69, 9.17) is 0 Å². The Morgan fingerprint density at radius 1 is 0.481 bits per heavy atom. The fraction of sp³-hybridized carbons (Fsp3) is 0.857. The Hall–Kier alpha value is -1.43.